The third kappa shape index (κ3) is 5.45. The molecule has 7 nitrogen and oxygen atoms in total. The highest BCUT2D eigenvalue weighted by Crippen LogP contribution is 2.28. The first kappa shape index (κ1) is 18.8. The molecule has 0 aliphatic heterocycles. The molecule has 2 N–H and O–H groups in total. The number of nitrogens with one attached hydrogen (secondary N) is 1. The van der Waals surface area contributed by atoms with Crippen LogP contribution >= 0.6 is 0 Å². The molecular weight excluding hydrogens is 302 g/mol. The highest BCUT2D eigenvalue weighted by molar-refractivity contribution is 5.82. The van der Waals surface area contributed by atoms with E-state index in [1.54, 1.807) is 25.1 Å². The standard InChI is InChI=1S/C16H23NO6/c1-16(10-21-2,9-15(19)20)17-14(18)8-11-12(22-3)6-5-7-13(11)23-4/h5-7H,8-10H2,1-4H3,(H,17,18)(H,19,20). The number of carboxylic acids is 1. The highest BCUT2D eigenvalue weighted by atomic mass is 16.5. The predicted molar refractivity (Wildman–Crippen MR) is 83.9 cm³/mol. The second kappa shape index (κ2) is 8.38. The van der Waals surface area contributed by atoms with Gasteiger partial charge in [-0.15, -0.1) is 0 Å². The van der Waals surface area contributed by atoms with Crippen LogP contribution in [0, 0.1) is 0 Å². The molecular formula is C16H23NO6. The first-order chi connectivity index (χ1) is 10.8. The summed E-state index contributed by atoms with van der Waals surface area (Å²) < 4.78 is 15.5. The minimum Gasteiger partial charge on any atom is -0.496 e. The molecule has 1 rings (SSSR count). The van der Waals surface area contributed by atoms with Gasteiger partial charge in [0.25, 0.3) is 0 Å². The van der Waals surface area contributed by atoms with Gasteiger partial charge in [-0.1, -0.05) is 6.07 Å². The van der Waals surface area contributed by atoms with Crippen molar-refractivity contribution < 1.29 is 28.9 Å². The summed E-state index contributed by atoms with van der Waals surface area (Å²) >= 11 is 0. The van der Waals surface area contributed by atoms with Crippen LogP contribution in [0.1, 0.15) is 18.9 Å². The van der Waals surface area contributed by atoms with Gasteiger partial charge < -0.3 is 24.6 Å². The fraction of sp³-hybridized carbons (Fsp3) is 0.500. The summed E-state index contributed by atoms with van der Waals surface area (Å²) in [6, 6.07) is 5.23. The van der Waals surface area contributed by atoms with E-state index < -0.39 is 11.5 Å². The van der Waals surface area contributed by atoms with Gasteiger partial charge >= 0.3 is 5.97 Å². The lowest BCUT2D eigenvalue weighted by Gasteiger charge is -2.28. The summed E-state index contributed by atoms with van der Waals surface area (Å²) in [5.41, 5.74) is -0.391. The van der Waals surface area contributed by atoms with Crippen molar-refractivity contribution in [1.29, 1.82) is 0 Å². The maximum atomic E-state index is 12.3. The molecule has 0 saturated carbocycles. The molecule has 7 heteroatoms. The molecule has 1 amide bonds. The van der Waals surface area contributed by atoms with Crippen molar-refractivity contribution in [2.75, 3.05) is 27.9 Å². The minimum atomic E-state index is -1.01. The Morgan fingerprint density at radius 1 is 1.17 bits per heavy atom. The quantitative estimate of drug-likeness (QED) is 0.709. The number of benzene rings is 1. The van der Waals surface area contributed by atoms with E-state index in [1.807, 2.05) is 0 Å². The molecule has 0 aliphatic carbocycles. The molecule has 0 saturated heterocycles. The fourth-order valence-electron chi connectivity index (χ4n) is 2.43. The number of hydrogen-bond acceptors (Lipinski definition) is 5. The molecule has 0 aliphatic rings. The summed E-state index contributed by atoms with van der Waals surface area (Å²) in [6.07, 6.45) is -0.234. The van der Waals surface area contributed by atoms with Crippen LogP contribution in [0.5, 0.6) is 11.5 Å². The van der Waals surface area contributed by atoms with Crippen molar-refractivity contribution in [2.24, 2.45) is 0 Å². The molecule has 1 aromatic rings. The van der Waals surface area contributed by atoms with E-state index in [0.29, 0.717) is 17.1 Å². The van der Waals surface area contributed by atoms with E-state index in [-0.39, 0.29) is 25.4 Å². The van der Waals surface area contributed by atoms with Gasteiger partial charge in [0.15, 0.2) is 0 Å². The second-order valence-electron chi connectivity index (χ2n) is 5.43. The summed E-state index contributed by atoms with van der Waals surface area (Å²) in [5, 5.41) is 11.7. The Hall–Kier alpha value is -2.28. The van der Waals surface area contributed by atoms with Gasteiger partial charge in [0, 0.05) is 12.7 Å². The number of amides is 1. The molecule has 0 bridgehead atoms. The van der Waals surface area contributed by atoms with Gasteiger partial charge in [-0.25, -0.2) is 0 Å². The van der Waals surface area contributed by atoms with Gasteiger partial charge in [0.2, 0.25) is 5.91 Å². The molecule has 23 heavy (non-hydrogen) atoms. The van der Waals surface area contributed by atoms with Gasteiger partial charge in [-0.05, 0) is 19.1 Å². The van der Waals surface area contributed by atoms with Gasteiger partial charge in [-0.3, -0.25) is 9.59 Å². The van der Waals surface area contributed by atoms with Crippen LogP contribution in [0.4, 0.5) is 0 Å². The Kier molecular flexibility index (Phi) is 6.84. The van der Waals surface area contributed by atoms with Crippen LogP contribution in [0.25, 0.3) is 0 Å². The monoisotopic (exact) mass is 325 g/mol. The summed E-state index contributed by atoms with van der Waals surface area (Å²) in [5.74, 6) is -0.286. The lowest BCUT2D eigenvalue weighted by Crippen LogP contribution is -2.51. The molecule has 1 aromatic carbocycles. The van der Waals surface area contributed by atoms with E-state index in [4.69, 9.17) is 19.3 Å². The smallest absolute Gasteiger partial charge is 0.305 e. The van der Waals surface area contributed by atoms with Crippen LogP contribution in [0.15, 0.2) is 18.2 Å². The maximum absolute atomic E-state index is 12.3. The number of ether oxygens (including phenoxy) is 3. The zero-order chi connectivity index (χ0) is 17.5. The molecule has 0 aromatic heterocycles. The Morgan fingerprint density at radius 3 is 2.17 bits per heavy atom. The number of carboxylic acid groups (broad SMARTS) is 1. The largest absolute Gasteiger partial charge is 0.496 e. The number of aliphatic carboxylic acids is 1. The number of rotatable bonds is 9. The topological polar surface area (TPSA) is 94.1 Å². The lowest BCUT2D eigenvalue weighted by atomic mass is 9.98. The average molecular weight is 325 g/mol. The molecule has 0 fully saturated rings. The Balaban J connectivity index is 2.92. The molecule has 0 heterocycles. The molecule has 128 valence electrons. The van der Waals surface area contributed by atoms with E-state index in [0.717, 1.165) is 0 Å². The van der Waals surface area contributed by atoms with E-state index in [9.17, 15) is 9.59 Å². The Morgan fingerprint density at radius 2 is 1.74 bits per heavy atom. The number of carbonyl (C=O) groups is 2. The van der Waals surface area contributed by atoms with E-state index in [2.05, 4.69) is 5.32 Å². The van der Waals surface area contributed by atoms with E-state index in [1.165, 1.54) is 21.3 Å². The van der Waals surface area contributed by atoms with Gasteiger partial charge in [0.1, 0.15) is 11.5 Å². The summed E-state index contributed by atoms with van der Waals surface area (Å²) in [7, 11) is 4.47. The van der Waals surface area contributed by atoms with Crippen molar-refractivity contribution in [3.05, 3.63) is 23.8 Å². The van der Waals surface area contributed by atoms with Crippen LogP contribution in [-0.4, -0.2) is 50.5 Å². The molecule has 0 spiro atoms. The molecule has 1 unspecified atom stereocenters. The van der Waals surface area contributed by atoms with Crippen molar-refractivity contribution in [3.63, 3.8) is 0 Å². The third-order valence-electron chi connectivity index (χ3n) is 3.31. The van der Waals surface area contributed by atoms with Crippen LogP contribution < -0.4 is 14.8 Å². The van der Waals surface area contributed by atoms with Crippen LogP contribution in [-0.2, 0) is 20.7 Å². The van der Waals surface area contributed by atoms with Crippen molar-refractivity contribution in [2.45, 2.75) is 25.3 Å². The number of hydrogen-bond donors (Lipinski definition) is 2. The Labute approximate surface area is 135 Å². The first-order valence-corrected chi connectivity index (χ1v) is 7.07. The summed E-state index contributed by atoms with van der Waals surface area (Å²) in [6.45, 7) is 1.72. The maximum Gasteiger partial charge on any atom is 0.305 e. The third-order valence-corrected chi connectivity index (χ3v) is 3.31. The molecule has 0 radical (unpaired) electrons. The van der Waals surface area contributed by atoms with Gasteiger partial charge in [0.05, 0.1) is 39.2 Å². The number of carbonyl (C=O) groups excluding carboxylic acids is 1. The normalized spacial score (nSPS) is 13.0. The fourth-order valence-corrected chi connectivity index (χ4v) is 2.43. The predicted octanol–water partition coefficient (Wildman–Crippen LogP) is 1.24. The van der Waals surface area contributed by atoms with Crippen molar-refractivity contribution >= 4 is 11.9 Å². The minimum absolute atomic E-state index is 0.00606. The Bertz CT molecular complexity index is 537. The van der Waals surface area contributed by atoms with Crippen molar-refractivity contribution in [1.82, 2.24) is 5.32 Å². The van der Waals surface area contributed by atoms with E-state index >= 15 is 0 Å². The lowest BCUT2D eigenvalue weighted by molar-refractivity contribution is -0.139. The zero-order valence-corrected chi connectivity index (χ0v) is 13.8. The van der Waals surface area contributed by atoms with Crippen LogP contribution in [0.2, 0.25) is 0 Å². The number of methoxy groups -OCH3 is 3. The van der Waals surface area contributed by atoms with Crippen LogP contribution in [0.3, 0.4) is 0 Å². The highest BCUT2D eigenvalue weighted by Gasteiger charge is 2.30. The summed E-state index contributed by atoms with van der Waals surface area (Å²) in [4.78, 5) is 23.3. The first-order valence-electron chi connectivity index (χ1n) is 7.07. The zero-order valence-electron chi connectivity index (χ0n) is 13.8. The van der Waals surface area contributed by atoms with Gasteiger partial charge in [-0.2, -0.15) is 0 Å². The average Bonchev–Trinajstić information content (AvgIpc) is 2.46. The second-order valence-corrected chi connectivity index (χ2v) is 5.43. The SMILES string of the molecule is COCC(C)(CC(=O)O)NC(=O)Cc1c(OC)cccc1OC. The molecule has 1 atom stereocenters. The van der Waals surface area contributed by atoms with Crippen molar-refractivity contribution in [3.8, 4) is 11.5 Å².